The van der Waals surface area contributed by atoms with Crippen LogP contribution in [0.1, 0.15) is 47.5 Å². The summed E-state index contributed by atoms with van der Waals surface area (Å²) in [7, 11) is -1.77. The van der Waals surface area contributed by atoms with E-state index < -0.39 is 32.0 Å². The smallest absolute Gasteiger partial charge is 0.249 e. The van der Waals surface area contributed by atoms with Gasteiger partial charge in [-0.1, -0.05) is 47.7 Å². The normalized spacial score (nSPS) is 14.7. The molecular weight excluding hydrogens is 308 g/mol. The summed E-state index contributed by atoms with van der Waals surface area (Å²) in [6, 6.07) is -0.874. The molecule has 0 aromatic carbocycles. The van der Waals surface area contributed by atoms with Gasteiger partial charge in [0.1, 0.15) is 20.2 Å². The van der Waals surface area contributed by atoms with Crippen LogP contribution in [0.3, 0.4) is 0 Å². The van der Waals surface area contributed by atoms with Crippen LogP contribution >= 0.6 is 0 Å². The lowest BCUT2D eigenvalue weighted by Crippen LogP contribution is -2.48. The van der Waals surface area contributed by atoms with Crippen LogP contribution in [0.15, 0.2) is 0 Å². The number of aliphatic hydroxyl groups excluding tert-OH is 1. The van der Waals surface area contributed by atoms with Crippen LogP contribution in [0, 0.1) is 17.4 Å². The highest BCUT2D eigenvalue weighted by Gasteiger charge is 2.33. The van der Waals surface area contributed by atoms with Gasteiger partial charge in [0.25, 0.3) is 0 Å². The van der Waals surface area contributed by atoms with Gasteiger partial charge in [-0.05, 0) is 17.4 Å². The van der Waals surface area contributed by atoms with Gasteiger partial charge in [0, 0.05) is 6.42 Å². The summed E-state index contributed by atoms with van der Waals surface area (Å²) >= 11 is 0. The monoisotopic (exact) mass is 340 g/mol. The van der Waals surface area contributed by atoms with Crippen molar-refractivity contribution in [3.05, 3.63) is 0 Å². The maximum absolute atomic E-state index is 11.9. The third-order valence-corrected chi connectivity index (χ3v) is 8.79. The molecule has 0 bridgehead atoms. The van der Waals surface area contributed by atoms with Crippen molar-refractivity contribution in [2.75, 3.05) is 0 Å². The largest absolute Gasteiger partial charge is 0.383 e. The van der Waals surface area contributed by atoms with E-state index in [-0.39, 0.29) is 17.4 Å². The van der Waals surface area contributed by atoms with Gasteiger partial charge in [-0.25, -0.2) is 0 Å². The van der Waals surface area contributed by atoms with E-state index in [2.05, 4.69) is 50.6 Å². The number of amides is 2. The van der Waals surface area contributed by atoms with Gasteiger partial charge >= 0.3 is 0 Å². The number of rotatable bonds is 6. The van der Waals surface area contributed by atoms with Gasteiger partial charge < -0.3 is 16.2 Å². The van der Waals surface area contributed by atoms with Crippen LogP contribution < -0.4 is 11.1 Å². The van der Waals surface area contributed by atoms with Gasteiger partial charge in [0.2, 0.25) is 11.8 Å². The number of hydrogen-bond donors (Lipinski definition) is 3. The number of hydrogen-bond acceptors (Lipinski definition) is 3. The predicted octanol–water partition coefficient (Wildman–Crippen LogP) is 1.80. The lowest BCUT2D eigenvalue weighted by atomic mass is 10.0. The number of carbonyl (C=O) groups is 2. The molecule has 0 aliphatic heterocycles. The van der Waals surface area contributed by atoms with E-state index in [1.165, 1.54) is 0 Å². The maximum Gasteiger partial charge on any atom is 0.249 e. The summed E-state index contributed by atoms with van der Waals surface area (Å²) in [5.41, 5.74) is 8.62. The van der Waals surface area contributed by atoms with Crippen LogP contribution in [0.25, 0.3) is 0 Å². The Morgan fingerprint density at radius 3 is 2.17 bits per heavy atom. The van der Waals surface area contributed by atoms with Crippen molar-refractivity contribution < 1.29 is 14.7 Å². The first-order chi connectivity index (χ1) is 10.3. The van der Waals surface area contributed by atoms with Crippen LogP contribution in [-0.2, 0) is 9.59 Å². The first kappa shape index (κ1) is 21.7. The Morgan fingerprint density at radius 2 is 1.78 bits per heavy atom. The maximum atomic E-state index is 11.9. The fourth-order valence-corrected chi connectivity index (χ4v) is 2.52. The molecule has 0 rings (SSSR count). The van der Waals surface area contributed by atoms with Crippen molar-refractivity contribution in [3.8, 4) is 11.5 Å². The van der Waals surface area contributed by atoms with E-state index in [0.29, 0.717) is 6.42 Å². The number of aliphatic hydroxyl groups is 1. The molecule has 0 unspecified atom stereocenters. The molecule has 0 aromatic rings. The second-order valence-corrected chi connectivity index (χ2v) is 13.0. The minimum atomic E-state index is -1.77. The third-order valence-electron chi connectivity index (χ3n) is 4.24. The molecule has 0 heterocycles. The van der Waals surface area contributed by atoms with Crippen molar-refractivity contribution in [3.63, 3.8) is 0 Å². The van der Waals surface area contributed by atoms with Crippen molar-refractivity contribution in [1.82, 2.24) is 5.32 Å². The number of carbonyl (C=O) groups excluding carboxylic acids is 2. The van der Waals surface area contributed by atoms with Crippen LogP contribution in [-0.4, -0.2) is 37.1 Å². The summed E-state index contributed by atoms with van der Waals surface area (Å²) < 4.78 is 0. The Bertz CT molecular complexity index is 484. The summed E-state index contributed by atoms with van der Waals surface area (Å²) in [6.45, 7) is 14.6. The Morgan fingerprint density at radius 1 is 1.26 bits per heavy atom. The summed E-state index contributed by atoms with van der Waals surface area (Å²) in [4.78, 5) is 23.4. The molecule has 2 amide bonds. The van der Waals surface area contributed by atoms with Gasteiger partial charge in [-0.15, -0.1) is 11.5 Å². The van der Waals surface area contributed by atoms with E-state index in [9.17, 15) is 14.7 Å². The van der Waals surface area contributed by atoms with Crippen molar-refractivity contribution in [1.29, 1.82) is 0 Å². The molecular formula is C17H32N2O3Si. The van der Waals surface area contributed by atoms with E-state index in [4.69, 9.17) is 5.73 Å². The molecule has 6 heteroatoms. The summed E-state index contributed by atoms with van der Waals surface area (Å²) in [5.74, 6) is 1.98. The van der Waals surface area contributed by atoms with Gasteiger partial charge in [-0.3, -0.25) is 9.59 Å². The second kappa shape index (κ2) is 8.51. The van der Waals surface area contributed by atoms with E-state index >= 15 is 0 Å². The Labute approximate surface area is 141 Å². The minimum Gasteiger partial charge on any atom is -0.383 e. The van der Waals surface area contributed by atoms with Crippen molar-refractivity contribution in [2.45, 2.75) is 77.7 Å². The molecule has 0 spiro atoms. The first-order valence-corrected chi connectivity index (χ1v) is 11.1. The Balaban J connectivity index is 4.87. The van der Waals surface area contributed by atoms with E-state index in [1.54, 1.807) is 0 Å². The average Bonchev–Trinajstić information content (AvgIpc) is 2.34. The van der Waals surface area contributed by atoms with E-state index in [1.807, 2.05) is 13.8 Å². The molecule has 0 saturated carbocycles. The number of nitrogens with two attached hydrogens (primary N) is 1. The molecule has 0 aliphatic rings. The molecule has 23 heavy (non-hydrogen) atoms. The average molecular weight is 341 g/mol. The van der Waals surface area contributed by atoms with Gasteiger partial charge in [0.05, 0.1) is 0 Å². The summed E-state index contributed by atoms with van der Waals surface area (Å²) in [5, 5.41) is 12.4. The zero-order valence-electron chi connectivity index (χ0n) is 15.5. The standard InChI is InChI=1S/C17H32N2O3Si/c1-12(2)11-14(20)16(22)19-13(15(18)21)9-8-10-23(6,7)17(3,4)5/h12-14,20H,9,11H2,1-7H3,(H2,18,21)(H,19,22)/t13-,14-/m0/s1. The summed E-state index contributed by atoms with van der Waals surface area (Å²) in [6.07, 6.45) is -0.625. The fraction of sp³-hybridized carbons (Fsp3) is 0.765. The highest BCUT2D eigenvalue weighted by molar-refractivity contribution is 6.87. The zero-order valence-corrected chi connectivity index (χ0v) is 16.5. The Kier molecular flexibility index (Phi) is 8.02. The molecule has 0 aliphatic carbocycles. The lowest BCUT2D eigenvalue weighted by molar-refractivity contribution is -0.133. The van der Waals surface area contributed by atoms with Gasteiger partial charge in [-0.2, -0.15) is 0 Å². The minimum absolute atomic E-state index is 0.124. The predicted molar refractivity (Wildman–Crippen MR) is 96.2 cm³/mol. The quantitative estimate of drug-likeness (QED) is 0.508. The molecule has 132 valence electrons. The van der Waals surface area contributed by atoms with Crippen LogP contribution in [0.2, 0.25) is 18.1 Å². The highest BCUT2D eigenvalue weighted by atomic mass is 28.3. The topological polar surface area (TPSA) is 92.4 Å². The molecule has 2 atom stereocenters. The second-order valence-electron chi connectivity index (χ2n) is 7.99. The molecule has 4 N–H and O–H groups in total. The van der Waals surface area contributed by atoms with Crippen molar-refractivity contribution >= 4 is 19.9 Å². The fourth-order valence-electron chi connectivity index (χ4n) is 1.61. The van der Waals surface area contributed by atoms with Gasteiger partial charge in [0.15, 0.2) is 0 Å². The van der Waals surface area contributed by atoms with Crippen LogP contribution in [0.5, 0.6) is 0 Å². The molecule has 5 nitrogen and oxygen atoms in total. The highest BCUT2D eigenvalue weighted by Crippen LogP contribution is 2.35. The lowest BCUT2D eigenvalue weighted by Gasteiger charge is -2.31. The molecule has 0 fully saturated rings. The molecule has 0 saturated heterocycles. The third kappa shape index (κ3) is 7.66. The molecule has 0 aromatic heterocycles. The molecule has 0 radical (unpaired) electrons. The van der Waals surface area contributed by atoms with Crippen molar-refractivity contribution in [2.24, 2.45) is 11.7 Å². The zero-order chi connectivity index (χ0) is 18.4. The number of nitrogens with one attached hydrogen (secondary N) is 1. The van der Waals surface area contributed by atoms with E-state index in [0.717, 1.165) is 0 Å². The number of primary amides is 1. The van der Waals surface area contributed by atoms with Crippen LogP contribution in [0.4, 0.5) is 0 Å². The first-order valence-electron chi connectivity index (χ1n) is 8.05. The SMILES string of the molecule is CC(C)C[C@H](O)C(=O)N[C@@H](CC#C[Si](C)(C)C(C)(C)C)C(N)=O. The Hall–Kier alpha value is -1.32.